The highest BCUT2D eigenvalue weighted by Crippen LogP contribution is 2.35. The number of aromatic nitrogens is 2. The Hall–Kier alpha value is -1.68. The zero-order valence-corrected chi connectivity index (χ0v) is 13.6. The van der Waals surface area contributed by atoms with Crippen LogP contribution < -0.4 is 5.32 Å². The number of pyridine rings is 2. The number of fused-ring (bicyclic) bond motifs is 1. The van der Waals surface area contributed by atoms with E-state index in [0.29, 0.717) is 12.0 Å². The van der Waals surface area contributed by atoms with E-state index in [1.54, 1.807) is 0 Å². The molecule has 1 saturated carbocycles. The summed E-state index contributed by atoms with van der Waals surface area (Å²) in [7, 11) is 0. The lowest BCUT2D eigenvalue weighted by Crippen LogP contribution is -2.42. The van der Waals surface area contributed by atoms with Crippen molar-refractivity contribution < 1.29 is 5.11 Å². The molecule has 22 heavy (non-hydrogen) atoms. The first kappa shape index (κ1) is 15.2. The lowest BCUT2D eigenvalue weighted by molar-refractivity contribution is -0.0389. The van der Waals surface area contributed by atoms with E-state index in [1.165, 1.54) is 0 Å². The van der Waals surface area contributed by atoms with Gasteiger partial charge in [-0.1, -0.05) is 13.8 Å². The Balaban J connectivity index is 1.77. The van der Waals surface area contributed by atoms with E-state index >= 15 is 0 Å². The number of hydrogen-bond donors (Lipinski definition) is 2. The summed E-state index contributed by atoms with van der Waals surface area (Å²) >= 11 is 0. The zero-order valence-electron chi connectivity index (χ0n) is 13.6. The molecule has 118 valence electrons. The van der Waals surface area contributed by atoms with Gasteiger partial charge in [0, 0.05) is 18.4 Å². The standard InChI is InChI=1S/C18H25N3O/c1-12(2)18(22)8-4-14(5-9-18)21-15-7-11-19-16-13(3)6-10-20-17(15)16/h6-7,10-12,14,22H,4-5,8-9H2,1-3H3,(H,19,21). The normalized spacial score (nSPS) is 25.6. The SMILES string of the molecule is Cc1ccnc2c(NC3CCC(O)(C(C)C)CC3)ccnc12. The number of hydrogen-bond acceptors (Lipinski definition) is 4. The number of aryl methyl sites for hydroxylation is 1. The van der Waals surface area contributed by atoms with Gasteiger partial charge in [0.25, 0.3) is 0 Å². The number of aliphatic hydroxyl groups is 1. The van der Waals surface area contributed by atoms with Crippen molar-refractivity contribution in [2.45, 2.75) is 58.1 Å². The number of anilines is 1. The van der Waals surface area contributed by atoms with Gasteiger partial charge in [-0.3, -0.25) is 9.97 Å². The molecular formula is C18H25N3O. The van der Waals surface area contributed by atoms with Crippen molar-refractivity contribution >= 4 is 16.7 Å². The maximum Gasteiger partial charge on any atom is 0.112 e. The monoisotopic (exact) mass is 299 g/mol. The average Bonchev–Trinajstić information content (AvgIpc) is 2.51. The van der Waals surface area contributed by atoms with Gasteiger partial charge in [0.1, 0.15) is 5.52 Å². The quantitative estimate of drug-likeness (QED) is 0.907. The molecule has 2 N–H and O–H groups in total. The van der Waals surface area contributed by atoms with Gasteiger partial charge in [0.2, 0.25) is 0 Å². The molecule has 1 aliphatic carbocycles. The second-order valence-corrected chi connectivity index (χ2v) is 6.86. The van der Waals surface area contributed by atoms with Gasteiger partial charge in [0.05, 0.1) is 16.8 Å². The number of nitrogens with one attached hydrogen (secondary N) is 1. The smallest absolute Gasteiger partial charge is 0.112 e. The molecule has 4 nitrogen and oxygen atoms in total. The van der Waals surface area contributed by atoms with E-state index in [4.69, 9.17) is 0 Å². The summed E-state index contributed by atoms with van der Waals surface area (Å²) in [4.78, 5) is 8.93. The molecule has 3 rings (SSSR count). The van der Waals surface area contributed by atoms with E-state index in [2.05, 4.69) is 36.1 Å². The van der Waals surface area contributed by atoms with Gasteiger partial charge >= 0.3 is 0 Å². The summed E-state index contributed by atoms with van der Waals surface area (Å²) in [5, 5.41) is 14.2. The zero-order chi connectivity index (χ0) is 15.7. The van der Waals surface area contributed by atoms with Crippen LogP contribution in [0.5, 0.6) is 0 Å². The second kappa shape index (κ2) is 5.84. The molecule has 0 unspecified atom stereocenters. The fraction of sp³-hybridized carbons (Fsp3) is 0.556. The molecule has 1 fully saturated rings. The van der Waals surface area contributed by atoms with Crippen LogP contribution in [0.25, 0.3) is 11.0 Å². The minimum Gasteiger partial charge on any atom is -0.390 e. The van der Waals surface area contributed by atoms with Crippen LogP contribution >= 0.6 is 0 Å². The van der Waals surface area contributed by atoms with E-state index in [9.17, 15) is 5.11 Å². The van der Waals surface area contributed by atoms with Crippen LogP contribution in [0.2, 0.25) is 0 Å². The number of rotatable bonds is 3. The fourth-order valence-electron chi connectivity index (χ4n) is 3.35. The van der Waals surface area contributed by atoms with Crippen LogP contribution in [-0.2, 0) is 0 Å². The minimum absolute atomic E-state index is 0.319. The van der Waals surface area contributed by atoms with Crippen LogP contribution in [0.3, 0.4) is 0 Å². The van der Waals surface area contributed by atoms with Gasteiger partial charge < -0.3 is 10.4 Å². The third-order valence-corrected chi connectivity index (χ3v) is 5.11. The first-order valence-electron chi connectivity index (χ1n) is 8.19. The molecule has 0 spiro atoms. The van der Waals surface area contributed by atoms with Crippen molar-refractivity contribution in [3.8, 4) is 0 Å². The van der Waals surface area contributed by atoms with Crippen molar-refractivity contribution in [2.24, 2.45) is 5.92 Å². The molecule has 4 heteroatoms. The summed E-state index contributed by atoms with van der Waals surface area (Å²) in [6, 6.07) is 4.38. The third-order valence-electron chi connectivity index (χ3n) is 5.11. The molecule has 0 aliphatic heterocycles. The Labute approximate surface area is 132 Å². The molecule has 0 saturated heterocycles. The molecule has 2 aromatic heterocycles. The maximum absolute atomic E-state index is 10.6. The lowest BCUT2D eigenvalue weighted by Gasteiger charge is -2.39. The fourth-order valence-corrected chi connectivity index (χ4v) is 3.35. The molecule has 0 amide bonds. The Morgan fingerprint density at radius 2 is 1.77 bits per heavy atom. The molecule has 2 aromatic rings. The van der Waals surface area contributed by atoms with Crippen molar-refractivity contribution in [1.29, 1.82) is 0 Å². The molecule has 0 aromatic carbocycles. The Bertz CT molecular complexity index is 660. The summed E-state index contributed by atoms with van der Waals surface area (Å²) in [5.74, 6) is 0.319. The Morgan fingerprint density at radius 1 is 1.14 bits per heavy atom. The third kappa shape index (κ3) is 2.80. The first-order chi connectivity index (χ1) is 10.5. The van der Waals surface area contributed by atoms with Crippen LogP contribution in [0.15, 0.2) is 24.5 Å². The van der Waals surface area contributed by atoms with Crippen molar-refractivity contribution in [1.82, 2.24) is 9.97 Å². The van der Waals surface area contributed by atoms with E-state index in [0.717, 1.165) is 48.0 Å². The van der Waals surface area contributed by atoms with Gasteiger partial charge in [0.15, 0.2) is 0 Å². The molecular weight excluding hydrogens is 274 g/mol. The molecule has 0 atom stereocenters. The largest absolute Gasteiger partial charge is 0.390 e. The second-order valence-electron chi connectivity index (χ2n) is 6.86. The van der Waals surface area contributed by atoms with E-state index in [1.807, 2.05) is 24.5 Å². The number of nitrogens with zero attached hydrogens (tertiary/aromatic N) is 2. The topological polar surface area (TPSA) is 58.0 Å². The highest BCUT2D eigenvalue weighted by Gasteiger charge is 2.35. The Kier molecular flexibility index (Phi) is 4.04. The van der Waals surface area contributed by atoms with Crippen molar-refractivity contribution in [3.63, 3.8) is 0 Å². The molecule has 2 heterocycles. The highest BCUT2D eigenvalue weighted by molar-refractivity contribution is 5.89. The predicted molar refractivity (Wildman–Crippen MR) is 89.9 cm³/mol. The van der Waals surface area contributed by atoms with Crippen LogP contribution in [0.1, 0.15) is 45.1 Å². The summed E-state index contributed by atoms with van der Waals surface area (Å²) in [6.07, 6.45) is 7.37. The van der Waals surface area contributed by atoms with Crippen molar-refractivity contribution in [3.05, 3.63) is 30.1 Å². The van der Waals surface area contributed by atoms with E-state index in [-0.39, 0.29) is 0 Å². The van der Waals surface area contributed by atoms with Crippen molar-refractivity contribution in [2.75, 3.05) is 5.32 Å². The minimum atomic E-state index is -0.493. The van der Waals surface area contributed by atoms with E-state index < -0.39 is 5.60 Å². The molecule has 1 aliphatic rings. The van der Waals surface area contributed by atoms with Gasteiger partial charge in [-0.05, 0) is 56.2 Å². The summed E-state index contributed by atoms with van der Waals surface area (Å²) in [5.41, 5.74) is 3.60. The highest BCUT2D eigenvalue weighted by atomic mass is 16.3. The predicted octanol–water partition coefficient (Wildman–Crippen LogP) is 3.68. The Morgan fingerprint density at radius 3 is 2.45 bits per heavy atom. The van der Waals surface area contributed by atoms with Gasteiger partial charge in [-0.15, -0.1) is 0 Å². The van der Waals surface area contributed by atoms with Crippen LogP contribution in [0, 0.1) is 12.8 Å². The summed E-state index contributed by atoms with van der Waals surface area (Å²) < 4.78 is 0. The van der Waals surface area contributed by atoms with Crippen LogP contribution in [0.4, 0.5) is 5.69 Å². The maximum atomic E-state index is 10.6. The van der Waals surface area contributed by atoms with Crippen LogP contribution in [-0.4, -0.2) is 26.7 Å². The average molecular weight is 299 g/mol. The van der Waals surface area contributed by atoms with Gasteiger partial charge in [-0.2, -0.15) is 0 Å². The molecule has 0 bridgehead atoms. The lowest BCUT2D eigenvalue weighted by atomic mass is 9.75. The van der Waals surface area contributed by atoms with Gasteiger partial charge in [-0.25, -0.2) is 0 Å². The first-order valence-corrected chi connectivity index (χ1v) is 8.19. The molecule has 0 radical (unpaired) electrons. The summed E-state index contributed by atoms with van der Waals surface area (Å²) in [6.45, 7) is 6.28.